The van der Waals surface area contributed by atoms with Crippen LogP contribution < -0.4 is 9.64 Å². The Morgan fingerprint density at radius 1 is 1.24 bits per heavy atom. The number of aryl methyl sites for hydroxylation is 1. The number of likely N-dealkylation sites (tertiary alicyclic amines) is 1. The molecule has 2 aliphatic rings. The fourth-order valence-corrected chi connectivity index (χ4v) is 4.11. The lowest BCUT2D eigenvalue weighted by Gasteiger charge is -2.25. The molecular weight excluding hydrogens is 316 g/mol. The van der Waals surface area contributed by atoms with Gasteiger partial charge in [0.15, 0.2) is 0 Å². The second-order valence-electron chi connectivity index (χ2n) is 7.45. The van der Waals surface area contributed by atoms with Crippen molar-refractivity contribution in [3.8, 4) is 5.88 Å². The number of anilines is 1. The molecule has 0 unspecified atom stereocenters. The van der Waals surface area contributed by atoms with E-state index in [-0.39, 0.29) is 5.41 Å². The molecule has 132 valence electrons. The van der Waals surface area contributed by atoms with E-state index in [9.17, 15) is 0 Å². The highest BCUT2D eigenvalue weighted by Crippen LogP contribution is 2.43. The molecule has 0 saturated carbocycles. The molecule has 0 bridgehead atoms. The second-order valence-corrected chi connectivity index (χ2v) is 7.45. The third-order valence-electron chi connectivity index (χ3n) is 5.36. The van der Waals surface area contributed by atoms with Crippen LogP contribution >= 0.6 is 0 Å². The van der Waals surface area contributed by atoms with E-state index in [2.05, 4.69) is 36.7 Å². The topological polar surface area (TPSA) is 67.3 Å². The van der Waals surface area contributed by atoms with Crippen molar-refractivity contribution in [1.82, 2.24) is 24.8 Å². The van der Waals surface area contributed by atoms with Gasteiger partial charge in [0.25, 0.3) is 0 Å². The number of hydrogen-bond acceptors (Lipinski definition) is 7. The van der Waals surface area contributed by atoms with E-state index in [1.165, 1.54) is 0 Å². The van der Waals surface area contributed by atoms with Crippen LogP contribution in [-0.4, -0.2) is 58.1 Å². The predicted octanol–water partition coefficient (Wildman–Crippen LogP) is 1.54. The van der Waals surface area contributed by atoms with Gasteiger partial charge in [-0.3, -0.25) is 9.88 Å². The number of hydrogen-bond donors (Lipinski definition) is 0. The number of methoxy groups -OCH3 is 1. The standard InChI is InChI=1S/C18H24N6O/c1-13-4-5-20-17(21-13)24-9-14-8-23(11-18(14,2)12-24)10-15-6-19-7-16(22-15)25-3/h4-7,14H,8-12H2,1-3H3/t14-,18+/m1/s1. The van der Waals surface area contributed by atoms with Gasteiger partial charge in [-0.05, 0) is 18.9 Å². The van der Waals surface area contributed by atoms with Gasteiger partial charge >= 0.3 is 0 Å². The normalized spacial score (nSPS) is 26.0. The molecule has 0 spiro atoms. The van der Waals surface area contributed by atoms with Gasteiger partial charge in [-0.1, -0.05) is 6.92 Å². The van der Waals surface area contributed by atoms with Gasteiger partial charge in [-0.15, -0.1) is 0 Å². The summed E-state index contributed by atoms with van der Waals surface area (Å²) in [6.45, 7) is 9.35. The highest BCUT2D eigenvalue weighted by Gasteiger charge is 2.49. The molecule has 7 nitrogen and oxygen atoms in total. The Balaban J connectivity index is 1.43. The third-order valence-corrected chi connectivity index (χ3v) is 5.36. The predicted molar refractivity (Wildman–Crippen MR) is 94.4 cm³/mol. The molecule has 0 aliphatic carbocycles. The second kappa shape index (κ2) is 6.22. The summed E-state index contributed by atoms with van der Waals surface area (Å²) >= 11 is 0. The molecule has 0 radical (unpaired) electrons. The van der Waals surface area contributed by atoms with Crippen LogP contribution in [0.25, 0.3) is 0 Å². The number of aromatic nitrogens is 4. The van der Waals surface area contributed by atoms with E-state index < -0.39 is 0 Å². The Hall–Kier alpha value is -2.28. The van der Waals surface area contributed by atoms with E-state index >= 15 is 0 Å². The third kappa shape index (κ3) is 3.16. The first-order valence-corrected chi connectivity index (χ1v) is 8.67. The van der Waals surface area contributed by atoms with E-state index in [1.54, 1.807) is 13.3 Å². The maximum atomic E-state index is 5.17. The molecule has 0 N–H and O–H groups in total. The highest BCUT2D eigenvalue weighted by molar-refractivity contribution is 5.34. The molecule has 25 heavy (non-hydrogen) atoms. The van der Waals surface area contributed by atoms with Crippen LogP contribution in [0.2, 0.25) is 0 Å². The van der Waals surface area contributed by atoms with E-state index in [1.807, 2.05) is 25.4 Å². The van der Waals surface area contributed by atoms with Crippen molar-refractivity contribution in [2.75, 3.05) is 38.2 Å². The molecule has 2 aromatic rings. The Bertz CT molecular complexity index is 769. The SMILES string of the molecule is COc1cncc(CN2C[C@@H]3CN(c4nccc(C)n4)C[C@]3(C)C2)n1. The summed E-state index contributed by atoms with van der Waals surface area (Å²) in [5, 5.41) is 0. The summed E-state index contributed by atoms with van der Waals surface area (Å²) in [6.07, 6.45) is 5.32. The maximum Gasteiger partial charge on any atom is 0.232 e. The summed E-state index contributed by atoms with van der Waals surface area (Å²) in [4.78, 5) is 22.5. The van der Waals surface area contributed by atoms with Crippen LogP contribution in [0.15, 0.2) is 24.7 Å². The van der Waals surface area contributed by atoms with Gasteiger partial charge < -0.3 is 9.64 Å². The van der Waals surface area contributed by atoms with E-state index in [0.29, 0.717) is 11.8 Å². The van der Waals surface area contributed by atoms with Crippen molar-refractivity contribution in [1.29, 1.82) is 0 Å². The highest BCUT2D eigenvalue weighted by atomic mass is 16.5. The Morgan fingerprint density at radius 2 is 2.12 bits per heavy atom. The number of nitrogens with zero attached hydrogens (tertiary/aromatic N) is 6. The fraction of sp³-hybridized carbons (Fsp3) is 0.556. The molecular formula is C18H24N6O. The molecule has 4 heterocycles. The summed E-state index contributed by atoms with van der Waals surface area (Å²) in [5.74, 6) is 2.06. The minimum absolute atomic E-state index is 0.263. The summed E-state index contributed by atoms with van der Waals surface area (Å²) < 4.78 is 5.17. The lowest BCUT2D eigenvalue weighted by atomic mass is 9.83. The first-order chi connectivity index (χ1) is 12.1. The zero-order chi connectivity index (χ0) is 17.4. The average molecular weight is 340 g/mol. The molecule has 2 aromatic heterocycles. The van der Waals surface area contributed by atoms with Crippen LogP contribution in [0.4, 0.5) is 5.95 Å². The average Bonchev–Trinajstić information content (AvgIpc) is 3.06. The maximum absolute atomic E-state index is 5.17. The zero-order valence-electron chi connectivity index (χ0n) is 15.0. The Morgan fingerprint density at radius 3 is 2.88 bits per heavy atom. The van der Waals surface area contributed by atoms with E-state index in [4.69, 9.17) is 4.74 Å². The Labute approximate surface area is 148 Å². The molecule has 0 aromatic carbocycles. The van der Waals surface area contributed by atoms with E-state index in [0.717, 1.165) is 50.1 Å². The van der Waals surface area contributed by atoms with Gasteiger partial charge in [-0.25, -0.2) is 15.0 Å². The monoisotopic (exact) mass is 340 g/mol. The molecule has 2 aliphatic heterocycles. The minimum Gasteiger partial charge on any atom is -0.480 e. The van der Waals surface area contributed by atoms with Crippen LogP contribution in [0.1, 0.15) is 18.3 Å². The van der Waals surface area contributed by atoms with Gasteiger partial charge in [-0.2, -0.15) is 0 Å². The van der Waals surface area contributed by atoms with Crippen molar-refractivity contribution in [3.63, 3.8) is 0 Å². The molecule has 2 fully saturated rings. The molecule has 4 rings (SSSR count). The number of ether oxygens (including phenoxy) is 1. The van der Waals surface area contributed by atoms with Crippen molar-refractivity contribution >= 4 is 5.95 Å². The molecule has 2 saturated heterocycles. The summed E-state index contributed by atoms with van der Waals surface area (Å²) in [7, 11) is 1.62. The molecule has 0 amide bonds. The zero-order valence-corrected chi connectivity index (χ0v) is 15.0. The van der Waals surface area contributed by atoms with Crippen LogP contribution in [-0.2, 0) is 6.54 Å². The fourth-order valence-electron chi connectivity index (χ4n) is 4.11. The molecule has 7 heteroatoms. The smallest absolute Gasteiger partial charge is 0.232 e. The van der Waals surface area contributed by atoms with Crippen molar-refractivity contribution in [2.45, 2.75) is 20.4 Å². The van der Waals surface area contributed by atoms with Gasteiger partial charge in [0.2, 0.25) is 11.8 Å². The van der Waals surface area contributed by atoms with Gasteiger partial charge in [0.1, 0.15) is 0 Å². The van der Waals surface area contributed by atoms with Gasteiger partial charge in [0.05, 0.1) is 19.0 Å². The van der Waals surface area contributed by atoms with Crippen molar-refractivity contribution in [2.24, 2.45) is 11.3 Å². The summed E-state index contributed by atoms with van der Waals surface area (Å²) in [6, 6.07) is 1.94. The quantitative estimate of drug-likeness (QED) is 0.836. The Kier molecular flexibility index (Phi) is 4.03. The van der Waals surface area contributed by atoms with Crippen molar-refractivity contribution in [3.05, 3.63) is 36.0 Å². The van der Waals surface area contributed by atoms with Crippen LogP contribution in [0.5, 0.6) is 5.88 Å². The van der Waals surface area contributed by atoms with Crippen molar-refractivity contribution < 1.29 is 4.74 Å². The molecule has 2 atom stereocenters. The summed E-state index contributed by atoms with van der Waals surface area (Å²) in [5.41, 5.74) is 2.24. The largest absolute Gasteiger partial charge is 0.480 e. The number of rotatable bonds is 4. The first-order valence-electron chi connectivity index (χ1n) is 8.67. The lowest BCUT2D eigenvalue weighted by Crippen LogP contribution is -2.33. The first kappa shape index (κ1) is 16.2. The van der Waals surface area contributed by atoms with Crippen LogP contribution in [0.3, 0.4) is 0 Å². The minimum atomic E-state index is 0.263. The van der Waals surface area contributed by atoms with Gasteiger partial charge in [0, 0.05) is 56.2 Å². The lowest BCUT2D eigenvalue weighted by molar-refractivity contribution is 0.272. The number of fused-ring (bicyclic) bond motifs is 1. The van der Waals surface area contributed by atoms with Crippen LogP contribution in [0, 0.1) is 18.3 Å².